The molecule has 1 aromatic carbocycles. The zero-order valence-corrected chi connectivity index (χ0v) is 10.8. The maximum Gasteiger partial charge on any atom is 0.234 e. The van der Waals surface area contributed by atoms with E-state index < -0.39 is 11.6 Å². The second kappa shape index (κ2) is 6.44. The highest BCUT2D eigenvalue weighted by atomic mass is 19.2. The zero-order valence-electron chi connectivity index (χ0n) is 10.8. The Kier molecular flexibility index (Phi) is 5.22. The van der Waals surface area contributed by atoms with E-state index in [1.165, 1.54) is 6.07 Å². The molecule has 100 valence electrons. The molecule has 18 heavy (non-hydrogen) atoms. The molecule has 0 aliphatic heterocycles. The average molecular weight is 256 g/mol. The van der Waals surface area contributed by atoms with Gasteiger partial charge >= 0.3 is 0 Å². The second-order valence-corrected chi connectivity index (χ2v) is 4.49. The molecule has 5 heteroatoms. The van der Waals surface area contributed by atoms with Crippen molar-refractivity contribution in [1.82, 2.24) is 10.6 Å². The lowest BCUT2D eigenvalue weighted by atomic mass is 9.96. The molecule has 0 bridgehead atoms. The van der Waals surface area contributed by atoms with E-state index in [4.69, 9.17) is 0 Å². The molecule has 0 unspecified atom stereocenters. The van der Waals surface area contributed by atoms with E-state index in [-0.39, 0.29) is 24.4 Å². The number of halogens is 2. The third-order valence-electron chi connectivity index (χ3n) is 2.62. The normalized spacial score (nSPS) is 12.6. The Balaban J connectivity index is 2.90. The first-order valence-corrected chi connectivity index (χ1v) is 5.84. The molecule has 0 aromatic heterocycles. The predicted octanol–water partition coefficient (Wildman–Crippen LogP) is 2.00. The summed E-state index contributed by atoms with van der Waals surface area (Å²) in [6, 6.07) is 3.35. The van der Waals surface area contributed by atoms with Gasteiger partial charge in [0.05, 0.1) is 12.6 Å². The summed E-state index contributed by atoms with van der Waals surface area (Å²) in [5, 5.41) is 5.53. The van der Waals surface area contributed by atoms with E-state index in [0.717, 1.165) is 12.1 Å². The van der Waals surface area contributed by atoms with E-state index in [1.807, 2.05) is 13.8 Å². The molecule has 1 amide bonds. The molecule has 2 N–H and O–H groups in total. The van der Waals surface area contributed by atoms with Gasteiger partial charge in [0.15, 0.2) is 11.6 Å². The number of hydrogen-bond acceptors (Lipinski definition) is 2. The van der Waals surface area contributed by atoms with Crippen LogP contribution in [-0.2, 0) is 4.79 Å². The summed E-state index contributed by atoms with van der Waals surface area (Å²) in [6.07, 6.45) is 0. The fraction of sp³-hybridized carbons (Fsp3) is 0.462. The van der Waals surface area contributed by atoms with Gasteiger partial charge in [-0.05, 0) is 30.7 Å². The van der Waals surface area contributed by atoms with Gasteiger partial charge in [0.25, 0.3) is 0 Å². The van der Waals surface area contributed by atoms with Gasteiger partial charge in [-0.25, -0.2) is 8.78 Å². The largest absolute Gasteiger partial charge is 0.348 e. The van der Waals surface area contributed by atoms with Crippen LogP contribution in [0.3, 0.4) is 0 Å². The average Bonchev–Trinajstić information content (AvgIpc) is 2.30. The molecule has 1 aromatic rings. The number of rotatable bonds is 5. The predicted molar refractivity (Wildman–Crippen MR) is 66.0 cm³/mol. The zero-order chi connectivity index (χ0) is 13.7. The number of carbonyl (C=O) groups is 1. The third-order valence-corrected chi connectivity index (χ3v) is 2.62. The number of amides is 1. The maximum absolute atomic E-state index is 13.2. The Hall–Kier alpha value is -1.49. The molecule has 0 heterocycles. The van der Waals surface area contributed by atoms with E-state index >= 15 is 0 Å². The molecule has 1 rings (SSSR count). The van der Waals surface area contributed by atoms with E-state index in [1.54, 1.807) is 7.05 Å². The summed E-state index contributed by atoms with van der Waals surface area (Å²) in [6.45, 7) is 4.00. The maximum atomic E-state index is 13.2. The summed E-state index contributed by atoms with van der Waals surface area (Å²) < 4.78 is 26.1. The minimum atomic E-state index is -0.902. The monoisotopic (exact) mass is 256 g/mol. The highest BCUT2D eigenvalue weighted by molar-refractivity contribution is 5.78. The minimum Gasteiger partial charge on any atom is -0.348 e. The first-order chi connectivity index (χ1) is 8.45. The fourth-order valence-corrected chi connectivity index (χ4v) is 1.73. The summed E-state index contributed by atoms with van der Waals surface area (Å²) in [7, 11) is 1.67. The van der Waals surface area contributed by atoms with Crippen molar-refractivity contribution in [2.75, 3.05) is 13.6 Å². The fourth-order valence-electron chi connectivity index (χ4n) is 1.73. The van der Waals surface area contributed by atoms with Gasteiger partial charge in [-0.1, -0.05) is 19.9 Å². The van der Waals surface area contributed by atoms with E-state index in [0.29, 0.717) is 5.56 Å². The smallest absolute Gasteiger partial charge is 0.234 e. The van der Waals surface area contributed by atoms with Crippen LogP contribution in [-0.4, -0.2) is 19.5 Å². The molecule has 0 aliphatic rings. The van der Waals surface area contributed by atoms with Crippen molar-refractivity contribution in [3.8, 4) is 0 Å². The minimum absolute atomic E-state index is 0.0793. The Labute approximate surface area is 106 Å². The Morgan fingerprint density at radius 3 is 2.44 bits per heavy atom. The van der Waals surface area contributed by atoms with Crippen molar-refractivity contribution < 1.29 is 13.6 Å². The lowest BCUT2D eigenvalue weighted by Gasteiger charge is -2.23. The van der Waals surface area contributed by atoms with Crippen molar-refractivity contribution in [3.05, 3.63) is 35.4 Å². The van der Waals surface area contributed by atoms with E-state index in [9.17, 15) is 13.6 Å². The van der Waals surface area contributed by atoms with Crippen LogP contribution in [0.5, 0.6) is 0 Å². The number of carbonyl (C=O) groups excluding carboxylic acids is 1. The molecule has 0 fully saturated rings. The highest BCUT2D eigenvalue weighted by Crippen LogP contribution is 2.23. The van der Waals surface area contributed by atoms with Crippen LogP contribution in [0.1, 0.15) is 25.5 Å². The molecule has 0 saturated carbocycles. The Bertz CT molecular complexity index is 421. The van der Waals surface area contributed by atoms with Gasteiger partial charge in [-0.3, -0.25) is 4.79 Å². The number of nitrogens with one attached hydrogen (secondary N) is 2. The first-order valence-electron chi connectivity index (χ1n) is 5.84. The summed E-state index contributed by atoms with van der Waals surface area (Å²) >= 11 is 0. The summed E-state index contributed by atoms with van der Waals surface area (Å²) in [5.41, 5.74) is 0.563. The van der Waals surface area contributed by atoms with Gasteiger partial charge in [-0.15, -0.1) is 0 Å². The molecule has 0 radical (unpaired) electrons. The number of likely N-dealkylation sites (N-methyl/N-ethyl adjacent to an activating group) is 1. The highest BCUT2D eigenvalue weighted by Gasteiger charge is 2.19. The Morgan fingerprint density at radius 2 is 1.94 bits per heavy atom. The van der Waals surface area contributed by atoms with Crippen molar-refractivity contribution >= 4 is 5.91 Å². The SMILES string of the molecule is CNCC(=O)N[C@H](c1ccc(F)c(F)c1)C(C)C. The lowest BCUT2D eigenvalue weighted by Crippen LogP contribution is -2.37. The third kappa shape index (κ3) is 3.77. The van der Waals surface area contributed by atoms with Crippen molar-refractivity contribution in [1.29, 1.82) is 0 Å². The van der Waals surface area contributed by atoms with E-state index in [2.05, 4.69) is 10.6 Å². The lowest BCUT2D eigenvalue weighted by molar-refractivity contribution is -0.121. The van der Waals surface area contributed by atoms with Crippen LogP contribution < -0.4 is 10.6 Å². The van der Waals surface area contributed by atoms with Crippen LogP contribution in [0.15, 0.2) is 18.2 Å². The first kappa shape index (κ1) is 14.6. The molecule has 0 saturated heterocycles. The molecule has 0 aliphatic carbocycles. The number of benzene rings is 1. The quantitative estimate of drug-likeness (QED) is 0.846. The van der Waals surface area contributed by atoms with Crippen LogP contribution in [0, 0.1) is 17.6 Å². The molecule has 0 spiro atoms. The second-order valence-electron chi connectivity index (χ2n) is 4.49. The molecule has 3 nitrogen and oxygen atoms in total. The van der Waals surface area contributed by atoms with Gasteiger partial charge < -0.3 is 10.6 Å². The van der Waals surface area contributed by atoms with Gasteiger partial charge in [-0.2, -0.15) is 0 Å². The number of hydrogen-bond donors (Lipinski definition) is 2. The van der Waals surface area contributed by atoms with Crippen LogP contribution >= 0.6 is 0 Å². The van der Waals surface area contributed by atoms with Gasteiger partial charge in [0, 0.05) is 0 Å². The standard InChI is InChI=1S/C13H18F2N2O/c1-8(2)13(17-12(18)7-16-3)9-4-5-10(14)11(15)6-9/h4-6,8,13,16H,7H2,1-3H3,(H,17,18)/t13-/m0/s1. The summed E-state index contributed by atoms with van der Waals surface area (Å²) in [4.78, 5) is 11.5. The molecular formula is C13H18F2N2O. The Morgan fingerprint density at radius 1 is 1.28 bits per heavy atom. The van der Waals surface area contributed by atoms with Crippen LogP contribution in [0.2, 0.25) is 0 Å². The van der Waals surface area contributed by atoms with Crippen molar-refractivity contribution in [2.24, 2.45) is 5.92 Å². The van der Waals surface area contributed by atoms with Crippen molar-refractivity contribution in [3.63, 3.8) is 0 Å². The van der Waals surface area contributed by atoms with Crippen molar-refractivity contribution in [2.45, 2.75) is 19.9 Å². The molecule has 1 atom stereocenters. The van der Waals surface area contributed by atoms with Crippen LogP contribution in [0.25, 0.3) is 0 Å². The molecular weight excluding hydrogens is 238 g/mol. The van der Waals surface area contributed by atoms with Gasteiger partial charge in [0.1, 0.15) is 0 Å². The van der Waals surface area contributed by atoms with Crippen LogP contribution in [0.4, 0.5) is 8.78 Å². The topological polar surface area (TPSA) is 41.1 Å². The van der Waals surface area contributed by atoms with Gasteiger partial charge in [0.2, 0.25) is 5.91 Å². The summed E-state index contributed by atoms with van der Waals surface area (Å²) in [5.74, 6) is -1.89.